The van der Waals surface area contributed by atoms with Gasteiger partial charge >= 0.3 is 0 Å². The van der Waals surface area contributed by atoms with Crippen molar-refractivity contribution < 1.29 is 9.47 Å². The van der Waals surface area contributed by atoms with Gasteiger partial charge in [-0.25, -0.2) is 0 Å². The number of benzene rings is 3. The molecule has 1 heterocycles. The van der Waals surface area contributed by atoms with Gasteiger partial charge < -0.3 is 14.0 Å². The Bertz CT molecular complexity index is 1220. The molecule has 0 bridgehead atoms. The van der Waals surface area contributed by atoms with Crippen LogP contribution in [0.1, 0.15) is 32.8 Å². The first-order chi connectivity index (χ1) is 15.1. The van der Waals surface area contributed by atoms with Crippen LogP contribution in [-0.2, 0) is 6.54 Å². The maximum Gasteiger partial charge on any atom is 0.161 e. The van der Waals surface area contributed by atoms with E-state index in [2.05, 4.69) is 67.8 Å². The maximum absolute atomic E-state index is 5.89. The molecule has 0 spiro atoms. The molecular formula is C27H30N2O2. The number of methoxy groups -OCH3 is 1. The predicted molar refractivity (Wildman–Crippen MR) is 130 cm³/mol. The highest BCUT2D eigenvalue weighted by Gasteiger charge is 2.10. The van der Waals surface area contributed by atoms with Crippen LogP contribution in [0, 0.1) is 5.92 Å². The molecule has 0 amide bonds. The summed E-state index contributed by atoms with van der Waals surface area (Å²) in [5, 5.41) is 2.50. The number of ether oxygens (including phenoxy) is 2. The van der Waals surface area contributed by atoms with Crippen molar-refractivity contribution in [3.63, 3.8) is 0 Å². The molecule has 4 rings (SSSR count). The SMILES string of the molecule is CCn1c2ccccc2c2cc(N=Cc3ccc(OCCC(C)C)c(OC)c3)ccc21. The van der Waals surface area contributed by atoms with E-state index in [0.717, 1.165) is 35.7 Å². The molecule has 3 aromatic carbocycles. The molecule has 0 radical (unpaired) electrons. The van der Waals surface area contributed by atoms with Gasteiger partial charge in [0.2, 0.25) is 0 Å². The van der Waals surface area contributed by atoms with E-state index >= 15 is 0 Å². The summed E-state index contributed by atoms with van der Waals surface area (Å²) in [7, 11) is 1.67. The van der Waals surface area contributed by atoms with E-state index in [0.29, 0.717) is 12.5 Å². The monoisotopic (exact) mass is 414 g/mol. The second kappa shape index (κ2) is 9.25. The molecule has 0 saturated heterocycles. The van der Waals surface area contributed by atoms with E-state index in [1.54, 1.807) is 7.11 Å². The Kier molecular flexibility index (Phi) is 6.26. The van der Waals surface area contributed by atoms with Gasteiger partial charge in [-0.05, 0) is 67.3 Å². The van der Waals surface area contributed by atoms with E-state index in [1.807, 2.05) is 24.4 Å². The van der Waals surface area contributed by atoms with Gasteiger partial charge in [0.05, 0.1) is 19.4 Å². The summed E-state index contributed by atoms with van der Waals surface area (Å²) in [4.78, 5) is 4.73. The molecule has 0 N–H and O–H groups in total. The Balaban J connectivity index is 1.60. The smallest absolute Gasteiger partial charge is 0.161 e. The van der Waals surface area contributed by atoms with Gasteiger partial charge in [-0.1, -0.05) is 32.0 Å². The van der Waals surface area contributed by atoms with Crippen molar-refractivity contribution in [2.75, 3.05) is 13.7 Å². The summed E-state index contributed by atoms with van der Waals surface area (Å²) in [6.45, 7) is 8.20. The van der Waals surface area contributed by atoms with Crippen LogP contribution in [0.15, 0.2) is 65.7 Å². The van der Waals surface area contributed by atoms with E-state index < -0.39 is 0 Å². The second-order valence-corrected chi connectivity index (χ2v) is 8.16. The molecule has 31 heavy (non-hydrogen) atoms. The van der Waals surface area contributed by atoms with E-state index in [-0.39, 0.29) is 0 Å². The van der Waals surface area contributed by atoms with Crippen LogP contribution in [0.2, 0.25) is 0 Å². The third-order valence-electron chi connectivity index (χ3n) is 5.58. The highest BCUT2D eigenvalue weighted by atomic mass is 16.5. The minimum atomic E-state index is 0.612. The van der Waals surface area contributed by atoms with Gasteiger partial charge in [0, 0.05) is 34.6 Å². The normalized spacial score (nSPS) is 11.8. The molecule has 160 valence electrons. The third-order valence-corrected chi connectivity index (χ3v) is 5.58. The van der Waals surface area contributed by atoms with Crippen molar-refractivity contribution in [3.8, 4) is 11.5 Å². The zero-order valence-electron chi connectivity index (χ0n) is 18.8. The van der Waals surface area contributed by atoms with Crippen molar-refractivity contribution in [2.24, 2.45) is 10.9 Å². The second-order valence-electron chi connectivity index (χ2n) is 8.16. The molecule has 1 aromatic heterocycles. The van der Waals surface area contributed by atoms with Gasteiger partial charge in [-0.2, -0.15) is 0 Å². The quantitative estimate of drug-likeness (QED) is 0.291. The zero-order chi connectivity index (χ0) is 21.8. The molecule has 4 heteroatoms. The van der Waals surface area contributed by atoms with Gasteiger partial charge in [-0.3, -0.25) is 4.99 Å². The Hall–Kier alpha value is -3.27. The number of aromatic nitrogens is 1. The molecule has 4 nitrogen and oxygen atoms in total. The van der Waals surface area contributed by atoms with Crippen LogP contribution in [0.25, 0.3) is 21.8 Å². The van der Waals surface area contributed by atoms with Crippen molar-refractivity contribution in [1.82, 2.24) is 4.57 Å². The molecule has 0 aliphatic rings. The fraction of sp³-hybridized carbons (Fsp3) is 0.296. The highest BCUT2D eigenvalue weighted by molar-refractivity contribution is 6.09. The zero-order valence-corrected chi connectivity index (χ0v) is 18.8. The number of para-hydroxylation sites is 1. The van der Waals surface area contributed by atoms with Crippen molar-refractivity contribution in [3.05, 3.63) is 66.2 Å². The lowest BCUT2D eigenvalue weighted by atomic mass is 10.1. The lowest BCUT2D eigenvalue weighted by Gasteiger charge is -2.12. The van der Waals surface area contributed by atoms with Gasteiger partial charge in [0.25, 0.3) is 0 Å². The number of aryl methyl sites for hydroxylation is 1. The lowest BCUT2D eigenvalue weighted by Crippen LogP contribution is -2.02. The van der Waals surface area contributed by atoms with Gasteiger partial charge in [0.1, 0.15) is 0 Å². The number of fused-ring (bicyclic) bond motifs is 3. The summed E-state index contributed by atoms with van der Waals surface area (Å²) < 4.78 is 13.8. The Morgan fingerprint density at radius 1 is 0.935 bits per heavy atom. The minimum Gasteiger partial charge on any atom is -0.493 e. The summed E-state index contributed by atoms with van der Waals surface area (Å²) in [6.07, 6.45) is 2.89. The van der Waals surface area contributed by atoms with E-state index in [9.17, 15) is 0 Å². The van der Waals surface area contributed by atoms with Crippen molar-refractivity contribution in [2.45, 2.75) is 33.7 Å². The molecule has 0 atom stereocenters. The molecule has 4 aromatic rings. The number of rotatable bonds is 8. The summed E-state index contributed by atoms with van der Waals surface area (Å²) >= 11 is 0. The summed E-state index contributed by atoms with van der Waals surface area (Å²) in [6, 6.07) is 20.9. The van der Waals surface area contributed by atoms with Gasteiger partial charge in [-0.15, -0.1) is 0 Å². The Labute approximate surface area is 184 Å². The number of hydrogen-bond donors (Lipinski definition) is 0. The molecule has 0 fully saturated rings. The van der Waals surface area contributed by atoms with Crippen LogP contribution < -0.4 is 9.47 Å². The molecule has 0 aliphatic carbocycles. The topological polar surface area (TPSA) is 35.8 Å². The number of nitrogens with zero attached hydrogens (tertiary/aromatic N) is 2. The number of aliphatic imine (C=N–C) groups is 1. The van der Waals surface area contributed by atoms with Crippen LogP contribution in [0.4, 0.5) is 5.69 Å². The standard InChI is InChI=1S/C27H30N2O2/c1-5-29-24-9-7-6-8-22(24)23-17-21(11-12-25(23)29)28-18-20-10-13-26(27(16-20)30-4)31-15-14-19(2)3/h6-13,16-19H,5,14-15H2,1-4H3. The van der Waals surface area contributed by atoms with Crippen molar-refractivity contribution in [1.29, 1.82) is 0 Å². The summed E-state index contributed by atoms with van der Waals surface area (Å²) in [5.41, 5.74) is 4.41. The fourth-order valence-corrected chi connectivity index (χ4v) is 3.90. The summed E-state index contributed by atoms with van der Waals surface area (Å²) in [5.74, 6) is 2.12. The molecule has 0 aliphatic heterocycles. The van der Waals surface area contributed by atoms with Crippen LogP contribution in [-0.4, -0.2) is 24.5 Å². The minimum absolute atomic E-state index is 0.612. The lowest BCUT2D eigenvalue weighted by molar-refractivity contribution is 0.273. The number of hydrogen-bond acceptors (Lipinski definition) is 3. The average molecular weight is 415 g/mol. The fourth-order valence-electron chi connectivity index (χ4n) is 3.90. The van der Waals surface area contributed by atoms with Gasteiger partial charge in [0.15, 0.2) is 11.5 Å². The molecule has 0 unspecified atom stereocenters. The molecular weight excluding hydrogens is 384 g/mol. The first-order valence-corrected chi connectivity index (χ1v) is 11.0. The van der Waals surface area contributed by atoms with Crippen LogP contribution >= 0.6 is 0 Å². The van der Waals surface area contributed by atoms with Crippen LogP contribution in [0.5, 0.6) is 11.5 Å². The first-order valence-electron chi connectivity index (χ1n) is 11.0. The highest BCUT2D eigenvalue weighted by Crippen LogP contribution is 2.32. The van der Waals surface area contributed by atoms with Crippen molar-refractivity contribution >= 4 is 33.7 Å². The third kappa shape index (κ3) is 4.43. The van der Waals surface area contributed by atoms with E-state index in [1.165, 1.54) is 21.8 Å². The molecule has 0 saturated carbocycles. The maximum atomic E-state index is 5.89. The Morgan fingerprint density at radius 2 is 1.74 bits per heavy atom. The largest absolute Gasteiger partial charge is 0.493 e. The first kappa shape index (κ1) is 21.0. The van der Waals surface area contributed by atoms with E-state index in [4.69, 9.17) is 14.5 Å². The predicted octanol–water partition coefficient (Wildman–Crippen LogP) is 7.00. The van der Waals surface area contributed by atoms with Crippen LogP contribution in [0.3, 0.4) is 0 Å². The Morgan fingerprint density at radius 3 is 2.52 bits per heavy atom. The average Bonchev–Trinajstić information content (AvgIpc) is 3.11.